The molecule has 37 heavy (non-hydrogen) atoms. The maximum Gasteiger partial charge on any atom is 0.158 e. The number of fused-ring (bicyclic) bond motifs is 2. The van der Waals surface area contributed by atoms with Crippen LogP contribution in [0.4, 0.5) is 11.5 Å². The van der Waals surface area contributed by atoms with Gasteiger partial charge in [0.15, 0.2) is 5.65 Å². The van der Waals surface area contributed by atoms with Gasteiger partial charge in [0, 0.05) is 35.7 Å². The number of aryl methyl sites for hydroxylation is 2. The molecule has 184 valence electrons. The highest BCUT2D eigenvalue weighted by atomic mass is 16.5. The smallest absolute Gasteiger partial charge is 0.158 e. The normalized spacial score (nSPS) is 11.2. The highest BCUT2D eigenvalue weighted by Gasteiger charge is 2.09. The first-order valence-corrected chi connectivity index (χ1v) is 11.8. The molecule has 0 aliphatic heterocycles. The van der Waals surface area contributed by atoms with Gasteiger partial charge in [0.25, 0.3) is 0 Å². The molecule has 0 saturated heterocycles. The number of hydrogen-bond donors (Lipinski definition) is 1. The lowest BCUT2D eigenvalue weighted by Crippen LogP contribution is -2.08. The van der Waals surface area contributed by atoms with E-state index >= 15 is 0 Å². The fourth-order valence-corrected chi connectivity index (χ4v) is 4.09. The molecule has 6 rings (SSSR count). The summed E-state index contributed by atoms with van der Waals surface area (Å²) in [5.74, 6) is 3.87. The van der Waals surface area contributed by atoms with E-state index in [0.717, 1.165) is 51.7 Å². The maximum atomic E-state index is 6.09. The Morgan fingerprint density at radius 1 is 0.865 bits per heavy atom. The van der Waals surface area contributed by atoms with Crippen LogP contribution in [0.1, 0.15) is 11.4 Å². The molecule has 0 radical (unpaired) electrons. The predicted octanol–water partition coefficient (Wildman–Crippen LogP) is 5.10. The zero-order valence-electron chi connectivity index (χ0n) is 20.4. The number of anilines is 2. The third kappa shape index (κ3) is 4.76. The van der Waals surface area contributed by atoms with Crippen LogP contribution in [-0.2, 0) is 6.54 Å². The molecule has 0 atom stereocenters. The summed E-state index contributed by atoms with van der Waals surface area (Å²) in [5, 5.41) is 8.40. The van der Waals surface area contributed by atoms with E-state index in [1.54, 1.807) is 17.0 Å². The van der Waals surface area contributed by atoms with E-state index in [9.17, 15) is 0 Å². The monoisotopic (exact) mass is 492 g/mol. The summed E-state index contributed by atoms with van der Waals surface area (Å²) in [5.41, 5.74) is 3.42. The van der Waals surface area contributed by atoms with Gasteiger partial charge in [-0.1, -0.05) is 0 Å². The van der Waals surface area contributed by atoms with Crippen LogP contribution in [0.3, 0.4) is 0 Å². The predicted molar refractivity (Wildman–Crippen MR) is 140 cm³/mol. The van der Waals surface area contributed by atoms with Crippen molar-refractivity contribution in [3.05, 3.63) is 91.2 Å². The Labute approximate surface area is 212 Å². The number of benzene rings is 2. The molecule has 0 spiro atoms. The van der Waals surface area contributed by atoms with Crippen LogP contribution in [0.2, 0.25) is 0 Å². The molecule has 0 fully saturated rings. The largest absolute Gasteiger partial charge is 0.492 e. The summed E-state index contributed by atoms with van der Waals surface area (Å²) in [7, 11) is 0. The van der Waals surface area contributed by atoms with E-state index in [1.165, 1.54) is 6.33 Å². The minimum atomic E-state index is 0.532. The molecule has 0 aliphatic rings. The Hall–Kier alpha value is -4.99. The van der Waals surface area contributed by atoms with E-state index in [0.29, 0.717) is 18.2 Å². The molecule has 2 aromatic carbocycles. The molecule has 6 aromatic rings. The SMILES string of the molecule is Cc1cc(Nc2ncnc3ccc(OCCn4ccnc4C)cc23)ccc1Oc1ccn2ncnc2c1. The lowest BCUT2D eigenvalue weighted by molar-refractivity contribution is 0.297. The summed E-state index contributed by atoms with van der Waals surface area (Å²) in [4.78, 5) is 17.3. The third-order valence-electron chi connectivity index (χ3n) is 6.05. The van der Waals surface area contributed by atoms with Gasteiger partial charge in [0.05, 0.1) is 12.1 Å². The number of nitrogens with zero attached hydrogens (tertiary/aromatic N) is 7. The van der Waals surface area contributed by atoms with Crippen LogP contribution in [0.5, 0.6) is 17.2 Å². The summed E-state index contributed by atoms with van der Waals surface area (Å²) >= 11 is 0. The van der Waals surface area contributed by atoms with Crippen LogP contribution in [-0.4, -0.2) is 40.7 Å². The lowest BCUT2D eigenvalue weighted by atomic mass is 10.2. The van der Waals surface area contributed by atoms with Crippen molar-refractivity contribution in [3.8, 4) is 17.2 Å². The van der Waals surface area contributed by atoms with Gasteiger partial charge in [0.2, 0.25) is 0 Å². The van der Waals surface area contributed by atoms with Crippen LogP contribution >= 0.6 is 0 Å². The van der Waals surface area contributed by atoms with Crippen molar-refractivity contribution in [2.24, 2.45) is 0 Å². The van der Waals surface area contributed by atoms with E-state index in [2.05, 4.69) is 34.9 Å². The first-order valence-electron chi connectivity index (χ1n) is 11.8. The quantitative estimate of drug-likeness (QED) is 0.313. The minimum Gasteiger partial charge on any atom is -0.492 e. The maximum absolute atomic E-state index is 6.09. The average Bonchev–Trinajstić information content (AvgIpc) is 3.54. The van der Waals surface area contributed by atoms with E-state index in [4.69, 9.17) is 9.47 Å². The highest BCUT2D eigenvalue weighted by Crippen LogP contribution is 2.31. The Morgan fingerprint density at radius 3 is 2.68 bits per heavy atom. The Kier molecular flexibility index (Phi) is 5.81. The molecule has 4 heterocycles. The number of aromatic nitrogens is 7. The fraction of sp³-hybridized carbons (Fsp3) is 0.148. The van der Waals surface area contributed by atoms with Gasteiger partial charge in [0.1, 0.15) is 48.2 Å². The van der Waals surface area contributed by atoms with Crippen LogP contribution < -0.4 is 14.8 Å². The molecule has 0 aliphatic carbocycles. The van der Waals surface area contributed by atoms with Gasteiger partial charge in [-0.25, -0.2) is 24.5 Å². The second-order valence-corrected chi connectivity index (χ2v) is 8.55. The zero-order valence-corrected chi connectivity index (χ0v) is 20.4. The zero-order chi connectivity index (χ0) is 25.2. The summed E-state index contributed by atoms with van der Waals surface area (Å²) < 4.78 is 15.8. The number of imidazole rings is 1. The van der Waals surface area contributed by atoms with Crippen molar-refractivity contribution >= 4 is 28.1 Å². The van der Waals surface area contributed by atoms with Crippen LogP contribution in [0.25, 0.3) is 16.6 Å². The van der Waals surface area contributed by atoms with Crippen molar-refractivity contribution < 1.29 is 9.47 Å². The number of ether oxygens (including phenoxy) is 2. The van der Waals surface area contributed by atoms with Crippen molar-refractivity contribution in [2.45, 2.75) is 20.4 Å². The minimum absolute atomic E-state index is 0.532. The third-order valence-corrected chi connectivity index (χ3v) is 6.05. The molecule has 0 unspecified atom stereocenters. The second-order valence-electron chi connectivity index (χ2n) is 8.55. The van der Waals surface area contributed by atoms with Gasteiger partial charge < -0.3 is 19.4 Å². The fourth-order valence-electron chi connectivity index (χ4n) is 4.09. The van der Waals surface area contributed by atoms with Gasteiger partial charge in [-0.05, 0) is 61.9 Å². The second kappa shape index (κ2) is 9.57. The lowest BCUT2D eigenvalue weighted by Gasteiger charge is -2.13. The van der Waals surface area contributed by atoms with Crippen LogP contribution in [0.15, 0.2) is 79.8 Å². The van der Waals surface area contributed by atoms with Crippen molar-refractivity contribution in [1.82, 2.24) is 34.1 Å². The molecule has 0 amide bonds. The van der Waals surface area contributed by atoms with Crippen molar-refractivity contribution in [2.75, 3.05) is 11.9 Å². The standard InChI is InChI=1S/C27H24N8O2/c1-18-13-20(3-6-25(18)37-22-7-9-35-26(15-22)30-17-32-35)33-27-23-14-21(4-5-24(23)29-16-31-27)36-12-11-34-10-8-28-19(34)2/h3-10,13-17H,11-12H2,1-2H3,(H,29,31,33). The number of rotatable bonds is 8. The molecule has 10 heteroatoms. The van der Waals surface area contributed by atoms with Crippen LogP contribution in [0, 0.1) is 13.8 Å². The summed E-state index contributed by atoms with van der Waals surface area (Å²) in [6.45, 7) is 5.23. The molecular weight excluding hydrogens is 468 g/mol. The molecule has 10 nitrogen and oxygen atoms in total. The molecular formula is C27H24N8O2. The van der Waals surface area contributed by atoms with Crippen molar-refractivity contribution in [3.63, 3.8) is 0 Å². The Morgan fingerprint density at radius 2 is 1.81 bits per heavy atom. The molecule has 1 N–H and O–H groups in total. The number of hydrogen-bond acceptors (Lipinski definition) is 8. The highest BCUT2D eigenvalue weighted by molar-refractivity contribution is 5.91. The number of pyridine rings is 1. The first kappa shape index (κ1) is 22.5. The van der Waals surface area contributed by atoms with E-state index in [-0.39, 0.29) is 0 Å². The first-order chi connectivity index (χ1) is 18.1. The van der Waals surface area contributed by atoms with E-state index < -0.39 is 0 Å². The number of nitrogens with one attached hydrogen (secondary N) is 1. The molecule has 0 bridgehead atoms. The molecule has 0 saturated carbocycles. The van der Waals surface area contributed by atoms with Gasteiger partial charge in [-0.15, -0.1) is 0 Å². The summed E-state index contributed by atoms with van der Waals surface area (Å²) in [6.07, 6.45) is 8.62. The van der Waals surface area contributed by atoms with Crippen molar-refractivity contribution in [1.29, 1.82) is 0 Å². The van der Waals surface area contributed by atoms with Gasteiger partial charge in [-0.3, -0.25) is 0 Å². The topological polar surface area (TPSA) is 104 Å². The average molecular weight is 493 g/mol. The van der Waals surface area contributed by atoms with Gasteiger partial charge >= 0.3 is 0 Å². The Balaban J connectivity index is 1.18. The van der Waals surface area contributed by atoms with E-state index in [1.807, 2.05) is 74.8 Å². The Bertz CT molecular complexity index is 1710. The van der Waals surface area contributed by atoms with Gasteiger partial charge in [-0.2, -0.15) is 5.10 Å². The summed E-state index contributed by atoms with van der Waals surface area (Å²) in [6, 6.07) is 15.4. The molecule has 4 aromatic heterocycles.